The highest BCUT2D eigenvalue weighted by atomic mass is 17.3. The van der Waals surface area contributed by atoms with E-state index in [9.17, 15) is 4.79 Å². The van der Waals surface area contributed by atoms with Crippen molar-refractivity contribution in [2.75, 3.05) is 20.3 Å². The summed E-state index contributed by atoms with van der Waals surface area (Å²) in [5, 5.41) is 0. The second-order valence-electron chi connectivity index (χ2n) is 3.69. The maximum absolute atomic E-state index is 11.0. The van der Waals surface area contributed by atoms with Crippen LogP contribution in [-0.2, 0) is 29.1 Å². The van der Waals surface area contributed by atoms with E-state index in [0.29, 0.717) is 13.2 Å². The zero-order valence-electron chi connectivity index (χ0n) is 10.4. The van der Waals surface area contributed by atoms with Gasteiger partial charge in [-0.3, -0.25) is 0 Å². The lowest BCUT2D eigenvalue weighted by molar-refractivity contribution is -0.430. The first-order valence-corrected chi connectivity index (χ1v) is 5.72. The van der Waals surface area contributed by atoms with Crippen LogP contribution in [0.15, 0.2) is 30.3 Å². The molecule has 6 heteroatoms. The first-order chi connectivity index (χ1) is 9.29. The molecule has 0 radical (unpaired) electrons. The number of hydrogen-bond donors (Lipinski definition) is 0. The minimum atomic E-state index is -0.721. The summed E-state index contributed by atoms with van der Waals surface area (Å²) in [5.41, 5.74) is 1.60. The lowest BCUT2D eigenvalue weighted by atomic mass is 10.1. The van der Waals surface area contributed by atoms with Crippen LogP contribution >= 0.6 is 0 Å². The number of carbonyl (C=O) groups excluding carboxylic acids is 1. The van der Waals surface area contributed by atoms with E-state index in [2.05, 4.69) is 4.74 Å². The van der Waals surface area contributed by atoms with E-state index in [1.54, 1.807) is 18.2 Å². The Bertz CT molecular complexity index is 431. The van der Waals surface area contributed by atoms with Crippen molar-refractivity contribution in [3.05, 3.63) is 41.5 Å². The molecule has 1 fully saturated rings. The minimum absolute atomic E-state index is 0.316. The molecule has 1 aromatic rings. The molecular weight excluding hydrogens is 252 g/mol. The Kier molecular flexibility index (Phi) is 5.05. The van der Waals surface area contributed by atoms with Crippen LogP contribution in [-0.4, -0.2) is 26.3 Å². The van der Waals surface area contributed by atoms with Gasteiger partial charge in [0.25, 0.3) is 0 Å². The van der Waals surface area contributed by atoms with Crippen LogP contribution < -0.4 is 0 Å². The molecule has 0 aliphatic carbocycles. The Labute approximate surface area is 110 Å². The van der Waals surface area contributed by atoms with E-state index >= 15 is 0 Å². The maximum atomic E-state index is 11.0. The van der Waals surface area contributed by atoms with E-state index in [1.165, 1.54) is 13.2 Å². The van der Waals surface area contributed by atoms with Gasteiger partial charge in [0.2, 0.25) is 6.29 Å². The fraction of sp³-hybridized carbons (Fsp3) is 0.308. The fourth-order valence-corrected chi connectivity index (χ4v) is 1.41. The van der Waals surface area contributed by atoms with Gasteiger partial charge in [-0.1, -0.05) is 24.3 Å². The SMILES string of the molecule is COC(=O)C=Cc1ccc(C2OOCCOO2)cc1. The molecule has 0 N–H and O–H groups in total. The van der Waals surface area contributed by atoms with Gasteiger partial charge < -0.3 is 4.74 Å². The summed E-state index contributed by atoms with van der Waals surface area (Å²) >= 11 is 0. The molecule has 0 bridgehead atoms. The topological polar surface area (TPSA) is 63.2 Å². The number of benzene rings is 1. The highest BCUT2D eigenvalue weighted by Crippen LogP contribution is 2.22. The van der Waals surface area contributed by atoms with Gasteiger partial charge in [0.05, 0.1) is 7.11 Å². The molecule has 0 amide bonds. The van der Waals surface area contributed by atoms with E-state index < -0.39 is 12.3 Å². The Morgan fingerprint density at radius 2 is 1.84 bits per heavy atom. The zero-order chi connectivity index (χ0) is 13.5. The van der Waals surface area contributed by atoms with Crippen molar-refractivity contribution in [1.29, 1.82) is 0 Å². The minimum Gasteiger partial charge on any atom is -0.466 e. The molecule has 1 aliphatic rings. The quantitative estimate of drug-likeness (QED) is 0.472. The molecule has 0 atom stereocenters. The Hall–Kier alpha value is -1.73. The number of carbonyl (C=O) groups is 1. The number of rotatable bonds is 3. The number of hydrogen-bond acceptors (Lipinski definition) is 6. The molecule has 1 aromatic carbocycles. The van der Waals surface area contributed by atoms with Crippen LogP contribution in [0.25, 0.3) is 6.08 Å². The monoisotopic (exact) mass is 266 g/mol. The van der Waals surface area contributed by atoms with Gasteiger partial charge in [-0.15, -0.1) is 0 Å². The van der Waals surface area contributed by atoms with Crippen LogP contribution in [0.1, 0.15) is 17.4 Å². The number of esters is 1. The number of ether oxygens (including phenoxy) is 1. The van der Waals surface area contributed by atoms with Crippen LogP contribution in [0.2, 0.25) is 0 Å². The van der Waals surface area contributed by atoms with Gasteiger partial charge in [-0.2, -0.15) is 9.78 Å². The van der Waals surface area contributed by atoms with Crippen molar-refractivity contribution >= 4 is 12.0 Å². The smallest absolute Gasteiger partial charge is 0.330 e. The second kappa shape index (κ2) is 7.01. The molecule has 1 saturated heterocycles. The Morgan fingerprint density at radius 3 is 2.42 bits per heavy atom. The molecule has 6 nitrogen and oxygen atoms in total. The van der Waals surface area contributed by atoms with Crippen LogP contribution in [0.5, 0.6) is 0 Å². The standard InChI is InChI=1S/C13H14O6/c1-15-12(14)7-4-10-2-5-11(6-3-10)13-18-16-8-9-17-19-13/h2-7,13H,8-9H2,1H3. The fourth-order valence-electron chi connectivity index (χ4n) is 1.41. The van der Waals surface area contributed by atoms with Gasteiger partial charge in [0.1, 0.15) is 13.2 Å². The summed E-state index contributed by atoms with van der Waals surface area (Å²) < 4.78 is 4.51. The molecule has 0 unspecified atom stereocenters. The molecule has 2 rings (SSSR count). The van der Waals surface area contributed by atoms with Crippen molar-refractivity contribution in [1.82, 2.24) is 0 Å². The molecule has 0 spiro atoms. The third-order valence-electron chi connectivity index (χ3n) is 2.38. The second-order valence-corrected chi connectivity index (χ2v) is 3.69. The zero-order valence-corrected chi connectivity index (χ0v) is 10.4. The van der Waals surface area contributed by atoms with Crippen molar-refractivity contribution in [2.45, 2.75) is 6.29 Å². The molecular formula is C13H14O6. The van der Waals surface area contributed by atoms with Gasteiger partial charge in [-0.05, 0) is 11.6 Å². The lowest BCUT2D eigenvalue weighted by Crippen LogP contribution is -2.05. The molecule has 0 saturated carbocycles. The van der Waals surface area contributed by atoms with Crippen molar-refractivity contribution in [3.8, 4) is 0 Å². The van der Waals surface area contributed by atoms with Crippen LogP contribution in [0.4, 0.5) is 0 Å². The van der Waals surface area contributed by atoms with Gasteiger partial charge in [0, 0.05) is 11.6 Å². The van der Waals surface area contributed by atoms with Crippen molar-refractivity contribution in [2.24, 2.45) is 0 Å². The molecule has 19 heavy (non-hydrogen) atoms. The number of methoxy groups -OCH3 is 1. The van der Waals surface area contributed by atoms with E-state index in [0.717, 1.165) is 11.1 Å². The summed E-state index contributed by atoms with van der Waals surface area (Å²) in [6.45, 7) is 0.632. The normalized spacial score (nSPS) is 17.3. The predicted molar refractivity (Wildman–Crippen MR) is 64.3 cm³/mol. The predicted octanol–water partition coefficient (Wildman–Crippen LogP) is 1.78. The third-order valence-corrected chi connectivity index (χ3v) is 2.38. The summed E-state index contributed by atoms with van der Waals surface area (Å²) in [4.78, 5) is 30.7. The van der Waals surface area contributed by atoms with E-state index in [1.807, 2.05) is 12.1 Å². The van der Waals surface area contributed by atoms with E-state index in [4.69, 9.17) is 19.6 Å². The van der Waals surface area contributed by atoms with Crippen LogP contribution in [0, 0.1) is 0 Å². The largest absolute Gasteiger partial charge is 0.466 e. The Morgan fingerprint density at radius 1 is 1.21 bits per heavy atom. The maximum Gasteiger partial charge on any atom is 0.330 e. The average Bonchev–Trinajstić information content (AvgIpc) is 2.74. The summed E-state index contributed by atoms with van der Waals surface area (Å²) in [7, 11) is 1.33. The summed E-state index contributed by atoms with van der Waals surface area (Å²) in [6, 6.07) is 7.21. The average molecular weight is 266 g/mol. The highest BCUT2D eigenvalue weighted by molar-refractivity contribution is 5.86. The van der Waals surface area contributed by atoms with Crippen molar-refractivity contribution in [3.63, 3.8) is 0 Å². The van der Waals surface area contributed by atoms with E-state index in [-0.39, 0.29) is 0 Å². The lowest BCUT2D eigenvalue weighted by Gasteiger charge is -2.11. The first-order valence-electron chi connectivity index (χ1n) is 5.72. The highest BCUT2D eigenvalue weighted by Gasteiger charge is 2.17. The third kappa shape index (κ3) is 4.15. The Balaban J connectivity index is 2.01. The summed E-state index contributed by atoms with van der Waals surface area (Å²) in [6.07, 6.45) is 2.28. The van der Waals surface area contributed by atoms with Gasteiger partial charge in [0.15, 0.2) is 0 Å². The molecule has 1 heterocycles. The molecule has 102 valence electrons. The van der Waals surface area contributed by atoms with Crippen molar-refractivity contribution < 1.29 is 29.1 Å². The van der Waals surface area contributed by atoms with Gasteiger partial charge >= 0.3 is 5.97 Å². The molecule has 1 aliphatic heterocycles. The van der Waals surface area contributed by atoms with Gasteiger partial charge in [-0.25, -0.2) is 14.6 Å². The molecule has 0 aromatic heterocycles. The van der Waals surface area contributed by atoms with Crippen LogP contribution in [0.3, 0.4) is 0 Å². The first kappa shape index (κ1) is 13.7. The summed E-state index contributed by atoms with van der Waals surface area (Å²) in [5.74, 6) is -0.402.